The lowest BCUT2D eigenvalue weighted by Crippen LogP contribution is -2.40. The van der Waals surface area contributed by atoms with E-state index in [1.54, 1.807) is 4.90 Å². The molecule has 2 aliphatic rings. The summed E-state index contributed by atoms with van der Waals surface area (Å²) in [6, 6.07) is 9.53. The van der Waals surface area contributed by atoms with Crippen molar-refractivity contribution in [1.82, 2.24) is 15.6 Å². The minimum Gasteiger partial charge on any atom is -0.439 e. The van der Waals surface area contributed by atoms with E-state index in [2.05, 4.69) is 15.8 Å². The molecule has 0 aromatic heterocycles. The Labute approximate surface area is 138 Å². The van der Waals surface area contributed by atoms with Crippen LogP contribution in [0.3, 0.4) is 0 Å². The number of amides is 3. The van der Waals surface area contributed by atoms with E-state index in [0.29, 0.717) is 31.8 Å². The lowest BCUT2D eigenvalue weighted by molar-refractivity contribution is -0.121. The SMILES string of the molecule is O=C1CCC(C(=O)NCCN2CC(c3ccccc3)OC2=O)=NN1. The van der Waals surface area contributed by atoms with Gasteiger partial charge in [-0.15, -0.1) is 0 Å². The number of hydrogen-bond acceptors (Lipinski definition) is 5. The Bertz CT molecular complexity index is 674. The molecule has 1 unspecified atom stereocenters. The van der Waals surface area contributed by atoms with Gasteiger partial charge in [0.2, 0.25) is 5.91 Å². The Hall–Kier alpha value is -2.90. The van der Waals surface area contributed by atoms with Crippen LogP contribution in [0.25, 0.3) is 0 Å². The zero-order chi connectivity index (χ0) is 16.9. The maximum atomic E-state index is 11.9. The van der Waals surface area contributed by atoms with Crippen molar-refractivity contribution < 1.29 is 19.1 Å². The van der Waals surface area contributed by atoms with Gasteiger partial charge in [0.25, 0.3) is 5.91 Å². The van der Waals surface area contributed by atoms with Crippen molar-refractivity contribution in [3.05, 3.63) is 35.9 Å². The van der Waals surface area contributed by atoms with Crippen LogP contribution in [0.15, 0.2) is 35.4 Å². The first kappa shape index (κ1) is 16.0. The summed E-state index contributed by atoms with van der Waals surface area (Å²) in [7, 11) is 0. The molecule has 0 radical (unpaired) electrons. The average Bonchev–Trinajstić information content (AvgIpc) is 2.97. The summed E-state index contributed by atoms with van der Waals surface area (Å²) in [5.41, 5.74) is 3.52. The molecule has 3 amide bonds. The first-order chi connectivity index (χ1) is 11.6. The van der Waals surface area contributed by atoms with Crippen LogP contribution in [0.1, 0.15) is 24.5 Å². The number of nitrogens with zero attached hydrogens (tertiary/aromatic N) is 2. The molecule has 1 atom stereocenters. The first-order valence-corrected chi connectivity index (χ1v) is 7.77. The highest BCUT2D eigenvalue weighted by atomic mass is 16.6. The van der Waals surface area contributed by atoms with Crippen molar-refractivity contribution in [2.45, 2.75) is 18.9 Å². The van der Waals surface area contributed by atoms with Crippen LogP contribution in [0.2, 0.25) is 0 Å². The third kappa shape index (κ3) is 3.70. The number of hydrogen-bond donors (Lipinski definition) is 2. The highest BCUT2D eigenvalue weighted by Crippen LogP contribution is 2.25. The molecule has 3 rings (SSSR count). The summed E-state index contributed by atoms with van der Waals surface area (Å²) in [4.78, 5) is 36.4. The first-order valence-electron chi connectivity index (χ1n) is 7.77. The maximum Gasteiger partial charge on any atom is 0.410 e. The molecule has 24 heavy (non-hydrogen) atoms. The van der Waals surface area contributed by atoms with Crippen molar-refractivity contribution >= 4 is 23.6 Å². The second kappa shape index (κ2) is 7.12. The lowest BCUT2D eigenvalue weighted by Gasteiger charge is -2.15. The molecule has 1 saturated heterocycles. The normalized spacial score (nSPS) is 20.2. The number of rotatable bonds is 5. The van der Waals surface area contributed by atoms with Gasteiger partial charge >= 0.3 is 6.09 Å². The topological polar surface area (TPSA) is 100 Å². The summed E-state index contributed by atoms with van der Waals surface area (Å²) in [6.45, 7) is 1.10. The van der Waals surface area contributed by atoms with Crippen molar-refractivity contribution in [2.24, 2.45) is 5.10 Å². The molecular weight excluding hydrogens is 312 g/mol. The van der Waals surface area contributed by atoms with Gasteiger partial charge in [-0.1, -0.05) is 30.3 Å². The van der Waals surface area contributed by atoms with Gasteiger partial charge in [-0.25, -0.2) is 10.2 Å². The third-order valence-electron chi connectivity index (χ3n) is 3.89. The van der Waals surface area contributed by atoms with Gasteiger partial charge in [0.1, 0.15) is 11.8 Å². The number of carbonyl (C=O) groups excluding carboxylic acids is 3. The van der Waals surface area contributed by atoms with Crippen molar-refractivity contribution in [3.8, 4) is 0 Å². The fourth-order valence-electron chi connectivity index (χ4n) is 2.58. The van der Waals surface area contributed by atoms with Gasteiger partial charge in [-0.2, -0.15) is 5.10 Å². The average molecular weight is 330 g/mol. The molecule has 8 heteroatoms. The molecule has 126 valence electrons. The minimum absolute atomic E-state index is 0.196. The zero-order valence-corrected chi connectivity index (χ0v) is 13.0. The molecule has 0 aliphatic carbocycles. The van der Waals surface area contributed by atoms with Crippen molar-refractivity contribution in [3.63, 3.8) is 0 Å². The lowest BCUT2D eigenvalue weighted by atomic mass is 10.1. The molecule has 2 heterocycles. The van der Waals surface area contributed by atoms with E-state index >= 15 is 0 Å². The van der Waals surface area contributed by atoms with Crippen molar-refractivity contribution in [2.75, 3.05) is 19.6 Å². The van der Waals surface area contributed by atoms with Crippen LogP contribution in [0.5, 0.6) is 0 Å². The number of nitrogens with one attached hydrogen (secondary N) is 2. The predicted octanol–water partition coefficient (Wildman–Crippen LogP) is 0.562. The smallest absolute Gasteiger partial charge is 0.410 e. The van der Waals surface area contributed by atoms with Crippen LogP contribution in [0.4, 0.5) is 4.79 Å². The van der Waals surface area contributed by atoms with Gasteiger partial charge in [0.05, 0.1) is 6.54 Å². The number of carbonyl (C=O) groups is 3. The Balaban J connectivity index is 1.46. The van der Waals surface area contributed by atoms with E-state index < -0.39 is 0 Å². The van der Waals surface area contributed by atoms with E-state index in [0.717, 1.165) is 5.56 Å². The quantitative estimate of drug-likeness (QED) is 0.824. The Morgan fingerprint density at radius 1 is 1.29 bits per heavy atom. The molecule has 2 N–H and O–H groups in total. The number of benzene rings is 1. The highest BCUT2D eigenvalue weighted by molar-refractivity contribution is 6.39. The molecular formula is C16H18N4O4. The molecule has 0 saturated carbocycles. The minimum atomic E-state index is -0.389. The number of cyclic esters (lactones) is 1. The molecule has 1 aromatic rings. The second-order valence-corrected chi connectivity index (χ2v) is 5.58. The van der Waals surface area contributed by atoms with Gasteiger partial charge < -0.3 is 15.0 Å². The monoisotopic (exact) mass is 330 g/mol. The van der Waals surface area contributed by atoms with E-state index in [9.17, 15) is 14.4 Å². The van der Waals surface area contributed by atoms with E-state index in [-0.39, 0.29) is 30.4 Å². The van der Waals surface area contributed by atoms with Gasteiger partial charge in [-0.3, -0.25) is 9.59 Å². The molecule has 1 aromatic carbocycles. The van der Waals surface area contributed by atoms with Crippen LogP contribution < -0.4 is 10.7 Å². The summed E-state index contributed by atoms with van der Waals surface area (Å²) in [6.07, 6.45) is -0.101. The summed E-state index contributed by atoms with van der Waals surface area (Å²) in [5, 5.41) is 6.43. The van der Waals surface area contributed by atoms with Gasteiger partial charge in [0.15, 0.2) is 0 Å². The fourth-order valence-corrected chi connectivity index (χ4v) is 2.58. The molecule has 1 fully saturated rings. The van der Waals surface area contributed by atoms with Crippen LogP contribution >= 0.6 is 0 Å². The van der Waals surface area contributed by atoms with E-state index in [1.165, 1.54) is 0 Å². The van der Waals surface area contributed by atoms with Crippen LogP contribution in [-0.4, -0.2) is 48.2 Å². The summed E-state index contributed by atoms with van der Waals surface area (Å²) >= 11 is 0. The van der Waals surface area contributed by atoms with E-state index in [4.69, 9.17) is 4.74 Å². The molecule has 0 bridgehead atoms. The maximum absolute atomic E-state index is 11.9. The number of hydrazone groups is 1. The fraction of sp³-hybridized carbons (Fsp3) is 0.375. The van der Waals surface area contributed by atoms with Gasteiger partial charge in [0, 0.05) is 25.9 Å². The van der Waals surface area contributed by atoms with Crippen LogP contribution in [-0.2, 0) is 14.3 Å². The standard InChI is InChI=1S/C16H18N4O4/c21-14-7-6-12(18-19-14)15(22)17-8-9-20-10-13(24-16(20)23)11-4-2-1-3-5-11/h1-5,13H,6-10H2,(H,17,22)(H,19,21). The molecule has 2 aliphatic heterocycles. The largest absolute Gasteiger partial charge is 0.439 e. The molecule has 8 nitrogen and oxygen atoms in total. The Morgan fingerprint density at radius 2 is 2.08 bits per heavy atom. The number of ether oxygens (including phenoxy) is 1. The van der Waals surface area contributed by atoms with Crippen molar-refractivity contribution in [1.29, 1.82) is 0 Å². The Kier molecular flexibility index (Phi) is 4.74. The third-order valence-corrected chi connectivity index (χ3v) is 3.89. The predicted molar refractivity (Wildman–Crippen MR) is 85.1 cm³/mol. The summed E-state index contributed by atoms with van der Waals surface area (Å²) in [5.74, 6) is -0.527. The van der Waals surface area contributed by atoms with Gasteiger partial charge in [-0.05, 0) is 5.56 Å². The van der Waals surface area contributed by atoms with Crippen LogP contribution in [0, 0.1) is 0 Å². The van der Waals surface area contributed by atoms with E-state index in [1.807, 2.05) is 30.3 Å². The summed E-state index contributed by atoms with van der Waals surface area (Å²) < 4.78 is 5.35. The Morgan fingerprint density at radius 3 is 2.79 bits per heavy atom. The highest BCUT2D eigenvalue weighted by Gasteiger charge is 2.31. The second-order valence-electron chi connectivity index (χ2n) is 5.58. The zero-order valence-electron chi connectivity index (χ0n) is 13.0. The molecule has 0 spiro atoms.